The van der Waals surface area contributed by atoms with E-state index >= 15 is 4.39 Å². The molecule has 8 rings (SSSR count). The van der Waals surface area contributed by atoms with E-state index in [1.54, 1.807) is 4.90 Å². The quantitative estimate of drug-likeness (QED) is 0.167. The van der Waals surface area contributed by atoms with Crippen molar-refractivity contribution in [2.45, 2.75) is 50.2 Å². The van der Waals surface area contributed by atoms with Crippen LogP contribution >= 0.6 is 0 Å². The Labute approximate surface area is 260 Å². The largest absolute Gasteiger partial charge is 0.461 e. The first kappa shape index (κ1) is 26.1. The van der Waals surface area contributed by atoms with Gasteiger partial charge in [0.05, 0.1) is 19.2 Å². The zero-order chi connectivity index (χ0) is 32.8. The topological polar surface area (TPSA) is 80.4 Å². The van der Waals surface area contributed by atoms with Crippen molar-refractivity contribution >= 4 is 33.2 Å². The molecule has 2 aromatic heterocycles. The minimum Gasteiger partial charge on any atom is -0.461 e. The lowest BCUT2D eigenvalue weighted by Crippen LogP contribution is -2.43. The molecule has 7 nitrogen and oxygen atoms in total. The maximum absolute atomic E-state index is 16.9. The molecule has 0 amide bonds. The molecule has 5 heterocycles. The number of hydrogen-bond acceptors (Lipinski definition) is 7. The molecule has 4 aliphatic rings. The number of nitrogens with zero attached hydrogens (tertiary/aromatic N) is 5. The van der Waals surface area contributed by atoms with Gasteiger partial charge in [0.1, 0.15) is 29.8 Å². The summed E-state index contributed by atoms with van der Waals surface area (Å²) in [6.45, 7) is -0.424. The number of anilines is 2. The molecule has 11 heteroatoms. The first-order valence-electron chi connectivity index (χ1n) is 16.4. The van der Waals surface area contributed by atoms with E-state index in [-0.39, 0.29) is 57.6 Å². The Morgan fingerprint density at radius 3 is 2.69 bits per heavy atom. The second-order valence-corrected chi connectivity index (χ2v) is 12.8. The van der Waals surface area contributed by atoms with E-state index in [2.05, 4.69) is 20.9 Å². The molecule has 0 bridgehead atoms. The van der Waals surface area contributed by atoms with Gasteiger partial charge >= 0.3 is 6.01 Å². The Morgan fingerprint density at radius 2 is 1.91 bits per heavy atom. The van der Waals surface area contributed by atoms with Crippen molar-refractivity contribution in [3.63, 3.8) is 0 Å². The molecular formula is C34H32F4N6O. The number of aromatic nitrogens is 3. The summed E-state index contributed by atoms with van der Waals surface area (Å²) in [6.07, 6.45) is 9.93. The minimum atomic E-state index is -2.39. The van der Waals surface area contributed by atoms with Crippen LogP contribution in [0.25, 0.3) is 32.9 Å². The van der Waals surface area contributed by atoms with Crippen LogP contribution in [0.2, 0.25) is 0 Å². The van der Waals surface area contributed by atoms with Gasteiger partial charge in [-0.15, -0.1) is 6.42 Å². The molecule has 1 aliphatic carbocycles. The second-order valence-electron chi connectivity index (χ2n) is 12.8. The number of nitrogens with two attached hydrogens (primary N) is 1. The summed E-state index contributed by atoms with van der Waals surface area (Å²) in [6, 6.07) is 3.36. The lowest BCUT2D eigenvalue weighted by molar-refractivity contribution is 0.107. The van der Waals surface area contributed by atoms with Gasteiger partial charge in [0.15, 0.2) is 17.5 Å². The van der Waals surface area contributed by atoms with Crippen LogP contribution < -0.4 is 15.4 Å². The highest BCUT2D eigenvalue weighted by molar-refractivity contribution is 6.03. The highest BCUT2D eigenvalue weighted by Crippen LogP contribution is 2.47. The maximum Gasteiger partial charge on any atom is 0.319 e. The molecule has 3 aliphatic heterocycles. The number of benzene rings is 2. The Hall–Kier alpha value is -4.17. The minimum absolute atomic E-state index is 0.0328. The predicted molar refractivity (Wildman–Crippen MR) is 164 cm³/mol. The van der Waals surface area contributed by atoms with Crippen molar-refractivity contribution in [3.05, 3.63) is 47.4 Å². The van der Waals surface area contributed by atoms with E-state index < -0.39 is 41.3 Å². The van der Waals surface area contributed by atoms with Crippen LogP contribution in [-0.2, 0) is 0 Å². The van der Waals surface area contributed by atoms with Crippen LogP contribution in [-0.4, -0.2) is 64.3 Å². The molecule has 1 saturated carbocycles. The van der Waals surface area contributed by atoms with E-state index in [1.165, 1.54) is 24.8 Å². The number of alkyl halides is 1. The molecule has 45 heavy (non-hydrogen) atoms. The monoisotopic (exact) mass is 618 g/mol. The highest BCUT2D eigenvalue weighted by Gasteiger charge is 2.49. The second kappa shape index (κ2) is 10.4. The molecule has 2 N–H and O–H groups in total. The summed E-state index contributed by atoms with van der Waals surface area (Å²) in [5, 5.41) is 0.505. The summed E-state index contributed by atoms with van der Waals surface area (Å²) in [4.78, 5) is 17.3. The van der Waals surface area contributed by atoms with Gasteiger partial charge in [-0.2, -0.15) is 9.97 Å². The van der Waals surface area contributed by atoms with Gasteiger partial charge in [-0.05, 0) is 74.1 Å². The summed E-state index contributed by atoms with van der Waals surface area (Å²) < 4.78 is 84.8. The summed E-state index contributed by atoms with van der Waals surface area (Å²) in [5.41, 5.74) is 4.24. The number of hydrogen-bond donors (Lipinski definition) is 1. The van der Waals surface area contributed by atoms with Crippen LogP contribution in [0.4, 0.5) is 29.1 Å². The smallest absolute Gasteiger partial charge is 0.319 e. The molecule has 232 valence electrons. The number of fused-ring (bicyclic) bond motifs is 4. The van der Waals surface area contributed by atoms with Crippen LogP contribution in [0, 0.1) is 41.6 Å². The van der Waals surface area contributed by atoms with Crippen molar-refractivity contribution in [2.24, 2.45) is 11.8 Å². The van der Waals surface area contributed by atoms with Gasteiger partial charge in [-0.1, -0.05) is 5.92 Å². The standard InChI is InChI=1S/C34H32F4N6O/c1-2-23-27-20(12-26(36)28(23)37)11-22(39)13-24(27)30-29(38)31-25(15-40-30)32(43-8-4-18-10-19(18)5-9-43)42-33(41-31)45-17-34-6-3-7-44(34)16-21(35)14-34/h1,11-13,15,18-19,21H,3-10,14,16-17,39H2/t18?,19?,21-,34+/m1/s1/i17D2. The van der Waals surface area contributed by atoms with E-state index in [1.807, 2.05) is 4.90 Å². The lowest BCUT2D eigenvalue weighted by Gasteiger charge is -2.31. The fourth-order valence-corrected chi connectivity index (χ4v) is 7.71. The number of halogens is 4. The maximum atomic E-state index is 16.9. The molecule has 4 fully saturated rings. The Morgan fingerprint density at radius 1 is 1.11 bits per heavy atom. The predicted octanol–water partition coefficient (Wildman–Crippen LogP) is 6.02. The third kappa shape index (κ3) is 4.64. The first-order valence-corrected chi connectivity index (χ1v) is 15.4. The molecule has 0 spiro atoms. The normalized spacial score (nSPS) is 27.1. The molecule has 3 saturated heterocycles. The van der Waals surface area contributed by atoms with E-state index in [9.17, 15) is 13.2 Å². The summed E-state index contributed by atoms with van der Waals surface area (Å²) in [7, 11) is 0. The van der Waals surface area contributed by atoms with E-state index in [0.29, 0.717) is 50.1 Å². The average Bonchev–Trinajstić information content (AvgIpc) is 3.58. The molecule has 2 unspecified atom stereocenters. The fourth-order valence-electron chi connectivity index (χ4n) is 7.71. The van der Waals surface area contributed by atoms with Crippen molar-refractivity contribution in [1.29, 1.82) is 0 Å². The Kier molecular flexibility index (Phi) is 6.05. The van der Waals surface area contributed by atoms with Crippen molar-refractivity contribution in [2.75, 3.05) is 43.4 Å². The average molecular weight is 619 g/mol. The molecule has 4 atom stereocenters. The van der Waals surface area contributed by atoms with Crippen LogP contribution in [0.3, 0.4) is 0 Å². The molecular weight excluding hydrogens is 584 g/mol. The number of nitrogen functional groups attached to an aromatic ring is 1. The van der Waals surface area contributed by atoms with Gasteiger partial charge < -0.3 is 15.4 Å². The number of pyridine rings is 1. The van der Waals surface area contributed by atoms with Crippen molar-refractivity contribution in [3.8, 4) is 29.6 Å². The fraction of sp³-hybridized carbons (Fsp3) is 0.441. The van der Waals surface area contributed by atoms with E-state index in [0.717, 1.165) is 18.9 Å². The molecule has 0 radical (unpaired) electrons. The third-order valence-corrected chi connectivity index (χ3v) is 10.0. The third-order valence-electron chi connectivity index (χ3n) is 10.0. The van der Waals surface area contributed by atoms with Crippen molar-refractivity contribution in [1.82, 2.24) is 19.9 Å². The summed E-state index contributed by atoms with van der Waals surface area (Å²) >= 11 is 0. The van der Waals surface area contributed by atoms with Crippen LogP contribution in [0.5, 0.6) is 6.01 Å². The van der Waals surface area contributed by atoms with Gasteiger partial charge in [0.2, 0.25) is 0 Å². The Bertz CT molecular complexity index is 1990. The van der Waals surface area contributed by atoms with E-state index in [4.69, 9.17) is 19.6 Å². The van der Waals surface area contributed by atoms with Gasteiger partial charge in [-0.25, -0.2) is 17.6 Å². The zero-order valence-electron chi connectivity index (χ0n) is 26.4. The summed E-state index contributed by atoms with van der Waals surface area (Å²) in [5.74, 6) is 0.466. The molecule has 4 aromatic rings. The lowest BCUT2D eigenvalue weighted by atomic mass is 9.95. The first-order chi connectivity index (χ1) is 22.5. The number of ether oxygens (including phenoxy) is 1. The van der Waals surface area contributed by atoms with Gasteiger partial charge in [0.25, 0.3) is 0 Å². The van der Waals surface area contributed by atoms with Crippen LogP contribution in [0.15, 0.2) is 24.4 Å². The highest BCUT2D eigenvalue weighted by atomic mass is 19.2. The Balaban J connectivity index is 1.31. The van der Waals surface area contributed by atoms with Crippen molar-refractivity contribution < 1.29 is 25.0 Å². The number of terminal acetylenes is 1. The van der Waals surface area contributed by atoms with Crippen LogP contribution in [0.1, 0.15) is 46.8 Å². The zero-order valence-corrected chi connectivity index (χ0v) is 24.4. The van der Waals surface area contributed by atoms with Gasteiger partial charge in [0, 0.05) is 48.9 Å². The molecule has 2 aromatic carbocycles. The van der Waals surface area contributed by atoms with Gasteiger partial charge in [-0.3, -0.25) is 9.88 Å². The SMILES string of the molecule is [2H]C([2H])(Oc1nc(N2CCC3CC3CC2)c2cnc(-c3cc(N)cc4cc(F)c(F)c(C#C)c34)c(F)c2n1)[C@@]12CCCN1C[C@H](F)C2. The number of rotatable bonds is 5.